The van der Waals surface area contributed by atoms with Crippen LogP contribution in [0.5, 0.6) is 0 Å². The molecule has 0 radical (unpaired) electrons. The van der Waals surface area contributed by atoms with Crippen molar-refractivity contribution in [1.82, 2.24) is 4.90 Å². The van der Waals surface area contributed by atoms with E-state index in [1.54, 1.807) is 11.3 Å². The number of carbonyl (C=O) groups excluding carboxylic acids is 1. The van der Waals surface area contributed by atoms with Crippen LogP contribution in [-0.2, 0) is 22.5 Å². The largest absolute Gasteiger partial charge is 0.381 e. The molecule has 1 amide bonds. The third-order valence-electron chi connectivity index (χ3n) is 4.16. The lowest BCUT2D eigenvalue weighted by Gasteiger charge is -2.34. The summed E-state index contributed by atoms with van der Waals surface area (Å²) in [6, 6.07) is 11.9. The Labute approximate surface area is 145 Å². The molecule has 0 spiro atoms. The number of hydrogen-bond acceptors (Lipinski definition) is 3. The van der Waals surface area contributed by atoms with Crippen molar-refractivity contribution in [3.63, 3.8) is 0 Å². The molecule has 0 atom stereocenters. The Morgan fingerprint density at radius 2 is 2.00 bits per heavy atom. The van der Waals surface area contributed by atoms with Crippen LogP contribution >= 0.6 is 22.9 Å². The lowest BCUT2D eigenvalue weighted by atomic mass is 10.0. The summed E-state index contributed by atoms with van der Waals surface area (Å²) in [6.07, 6.45) is 2.15. The Bertz CT molecular complexity index is 638. The van der Waals surface area contributed by atoms with Gasteiger partial charge in [-0.2, -0.15) is 0 Å². The Morgan fingerprint density at radius 3 is 2.70 bits per heavy atom. The van der Waals surface area contributed by atoms with Gasteiger partial charge in [0.1, 0.15) is 0 Å². The van der Waals surface area contributed by atoms with E-state index in [1.807, 2.05) is 35.2 Å². The summed E-state index contributed by atoms with van der Waals surface area (Å²) in [4.78, 5) is 16.1. The molecular formula is C18H20ClNO2S. The first-order chi connectivity index (χ1) is 11.2. The summed E-state index contributed by atoms with van der Waals surface area (Å²) in [5.74, 6) is 0.137. The number of halogens is 1. The number of amides is 1. The number of thiophene rings is 1. The molecule has 2 heterocycles. The van der Waals surface area contributed by atoms with Crippen molar-refractivity contribution in [3.8, 4) is 0 Å². The van der Waals surface area contributed by atoms with Crippen LogP contribution in [0.1, 0.15) is 23.3 Å². The molecule has 2 aromatic rings. The smallest absolute Gasteiger partial charge is 0.227 e. The van der Waals surface area contributed by atoms with Crippen molar-refractivity contribution in [2.45, 2.75) is 31.8 Å². The van der Waals surface area contributed by atoms with Crippen molar-refractivity contribution in [2.24, 2.45) is 0 Å². The first kappa shape index (κ1) is 16.5. The quantitative estimate of drug-likeness (QED) is 0.811. The first-order valence-corrected chi connectivity index (χ1v) is 9.13. The molecule has 0 unspecified atom stereocenters. The van der Waals surface area contributed by atoms with Gasteiger partial charge in [-0.1, -0.05) is 35.9 Å². The maximum atomic E-state index is 12.9. The summed E-state index contributed by atoms with van der Waals surface area (Å²) < 4.78 is 5.45. The molecular weight excluding hydrogens is 330 g/mol. The highest BCUT2D eigenvalue weighted by molar-refractivity contribution is 7.09. The molecule has 3 nitrogen and oxygen atoms in total. The van der Waals surface area contributed by atoms with Crippen molar-refractivity contribution in [1.29, 1.82) is 0 Å². The zero-order valence-corrected chi connectivity index (χ0v) is 14.5. The molecule has 1 saturated heterocycles. The third kappa shape index (κ3) is 4.34. The maximum Gasteiger partial charge on any atom is 0.227 e. The molecule has 122 valence electrons. The minimum absolute atomic E-state index is 0.137. The van der Waals surface area contributed by atoms with E-state index in [0.29, 0.717) is 18.0 Å². The van der Waals surface area contributed by atoms with E-state index in [9.17, 15) is 4.79 Å². The van der Waals surface area contributed by atoms with Gasteiger partial charge in [0.2, 0.25) is 5.91 Å². The molecule has 5 heteroatoms. The number of benzene rings is 1. The van der Waals surface area contributed by atoms with Gasteiger partial charge in [-0.25, -0.2) is 0 Å². The minimum atomic E-state index is 0.137. The molecule has 1 aromatic carbocycles. The number of carbonyl (C=O) groups is 1. The number of ether oxygens (including phenoxy) is 1. The highest BCUT2D eigenvalue weighted by Crippen LogP contribution is 2.23. The van der Waals surface area contributed by atoms with Gasteiger partial charge < -0.3 is 9.64 Å². The van der Waals surface area contributed by atoms with Crippen LogP contribution in [0.4, 0.5) is 0 Å². The van der Waals surface area contributed by atoms with Gasteiger partial charge in [0.25, 0.3) is 0 Å². The van der Waals surface area contributed by atoms with E-state index >= 15 is 0 Å². The van der Waals surface area contributed by atoms with E-state index in [2.05, 4.69) is 11.4 Å². The van der Waals surface area contributed by atoms with E-state index in [4.69, 9.17) is 16.3 Å². The monoisotopic (exact) mass is 349 g/mol. The fourth-order valence-corrected chi connectivity index (χ4v) is 3.80. The Morgan fingerprint density at radius 1 is 1.22 bits per heavy atom. The van der Waals surface area contributed by atoms with E-state index in [0.717, 1.165) is 31.6 Å². The molecule has 23 heavy (non-hydrogen) atoms. The standard InChI is InChI=1S/C18H20ClNO2S/c19-17-6-2-1-4-14(17)12-18(21)20(13-16-5-3-11-23-16)15-7-9-22-10-8-15/h1-6,11,15H,7-10,12-13H2. The summed E-state index contributed by atoms with van der Waals surface area (Å²) in [5, 5.41) is 2.71. The van der Waals surface area contributed by atoms with Gasteiger partial charge >= 0.3 is 0 Å². The second-order valence-corrected chi connectivity index (χ2v) is 7.15. The average Bonchev–Trinajstić information content (AvgIpc) is 3.09. The van der Waals surface area contributed by atoms with Crippen LogP contribution in [0.15, 0.2) is 41.8 Å². The van der Waals surface area contributed by atoms with Crippen molar-refractivity contribution >= 4 is 28.8 Å². The van der Waals surface area contributed by atoms with E-state index in [-0.39, 0.29) is 11.9 Å². The summed E-state index contributed by atoms with van der Waals surface area (Å²) in [7, 11) is 0. The van der Waals surface area contributed by atoms with Crippen LogP contribution in [0.3, 0.4) is 0 Å². The third-order valence-corrected chi connectivity index (χ3v) is 5.39. The van der Waals surface area contributed by atoms with Gasteiger partial charge in [0.15, 0.2) is 0 Å². The molecule has 1 fully saturated rings. The second kappa shape index (κ2) is 7.95. The fraction of sp³-hybridized carbons (Fsp3) is 0.389. The minimum Gasteiger partial charge on any atom is -0.381 e. The molecule has 0 aliphatic carbocycles. The molecule has 1 aromatic heterocycles. The zero-order valence-electron chi connectivity index (χ0n) is 12.9. The van der Waals surface area contributed by atoms with Gasteiger partial charge in [0, 0.05) is 29.2 Å². The van der Waals surface area contributed by atoms with Crippen LogP contribution in [0.2, 0.25) is 5.02 Å². The molecule has 0 saturated carbocycles. The molecule has 3 rings (SSSR count). The average molecular weight is 350 g/mol. The number of hydrogen-bond donors (Lipinski definition) is 0. The SMILES string of the molecule is O=C(Cc1ccccc1Cl)N(Cc1cccs1)C1CCOCC1. The summed E-state index contributed by atoms with van der Waals surface area (Å²) in [6.45, 7) is 2.13. The number of nitrogens with zero attached hydrogens (tertiary/aromatic N) is 1. The van der Waals surface area contributed by atoms with Crippen LogP contribution < -0.4 is 0 Å². The van der Waals surface area contributed by atoms with Gasteiger partial charge in [-0.05, 0) is 35.9 Å². The van der Waals surface area contributed by atoms with Gasteiger partial charge in [0.05, 0.1) is 13.0 Å². The van der Waals surface area contributed by atoms with Crippen molar-refractivity contribution < 1.29 is 9.53 Å². The Hall–Kier alpha value is -1.36. The molecule has 1 aliphatic rings. The van der Waals surface area contributed by atoms with Crippen molar-refractivity contribution in [2.75, 3.05) is 13.2 Å². The lowest BCUT2D eigenvalue weighted by molar-refractivity contribution is -0.135. The lowest BCUT2D eigenvalue weighted by Crippen LogP contribution is -2.43. The highest BCUT2D eigenvalue weighted by Gasteiger charge is 2.26. The Kier molecular flexibility index (Phi) is 5.70. The van der Waals surface area contributed by atoms with Gasteiger partial charge in [-0.15, -0.1) is 11.3 Å². The van der Waals surface area contributed by atoms with Crippen LogP contribution in [-0.4, -0.2) is 30.1 Å². The van der Waals surface area contributed by atoms with Gasteiger partial charge in [-0.3, -0.25) is 4.79 Å². The molecule has 0 N–H and O–H groups in total. The Balaban J connectivity index is 1.76. The highest BCUT2D eigenvalue weighted by atomic mass is 35.5. The van der Waals surface area contributed by atoms with Crippen LogP contribution in [0.25, 0.3) is 0 Å². The predicted octanol–water partition coefficient (Wildman–Crippen LogP) is 4.15. The fourth-order valence-electron chi connectivity index (χ4n) is 2.89. The van der Waals surface area contributed by atoms with E-state index in [1.165, 1.54) is 4.88 Å². The summed E-state index contributed by atoms with van der Waals surface area (Å²) in [5.41, 5.74) is 0.891. The predicted molar refractivity (Wildman–Crippen MR) is 93.9 cm³/mol. The molecule has 0 bridgehead atoms. The molecule has 1 aliphatic heterocycles. The first-order valence-electron chi connectivity index (χ1n) is 7.87. The second-order valence-electron chi connectivity index (χ2n) is 5.71. The van der Waals surface area contributed by atoms with Crippen LogP contribution in [0, 0.1) is 0 Å². The summed E-state index contributed by atoms with van der Waals surface area (Å²) >= 11 is 7.90. The normalized spacial score (nSPS) is 15.5. The maximum absolute atomic E-state index is 12.9. The van der Waals surface area contributed by atoms with Crippen molar-refractivity contribution in [3.05, 3.63) is 57.2 Å². The number of rotatable bonds is 5. The van der Waals surface area contributed by atoms with E-state index < -0.39 is 0 Å². The zero-order chi connectivity index (χ0) is 16.1. The topological polar surface area (TPSA) is 29.5 Å².